The van der Waals surface area contributed by atoms with Gasteiger partial charge in [-0.3, -0.25) is 29.1 Å². The quantitative estimate of drug-likeness (QED) is 0.255. The van der Waals surface area contributed by atoms with Crippen LogP contribution in [-0.4, -0.2) is 35.2 Å². The molecule has 0 fully saturated rings. The summed E-state index contributed by atoms with van der Waals surface area (Å²) in [6, 6.07) is 3.58. The maximum Gasteiger partial charge on any atom is 0.274 e. The van der Waals surface area contributed by atoms with Gasteiger partial charge in [-0.1, -0.05) is 0 Å². The Morgan fingerprint density at radius 3 is 2.43 bits per heavy atom. The summed E-state index contributed by atoms with van der Waals surface area (Å²) in [5.74, 6) is -1.74. The number of nitrogens with zero attached hydrogens (tertiary/aromatic N) is 1. The first-order valence-electron chi connectivity index (χ1n) is 5.13. The third-order valence-corrected chi connectivity index (χ3v) is 4.28. The molecule has 2 unspecified atom stereocenters. The standard InChI is InChI=1S/C11H9NO5S.BH3.2FH/c1-6(13)9-5-18(17)10-4-7(12(15)16)2-3-8(10)11(9)14;;;/h2-4,9H,5H2,1H3;1H3;2*1H. The molecular weight excluding hydrogens is 307 g/mol. The Kier molecular flexibility index (Phi) is 8.02. The van der Waals surface area contributed by atoms with Crippen LogP contribution in [0, 0.1) is 16.0 Å². The molecule has 0 saturated heterocycles. The highest BCUT2D eigenvalue weighted by Gasteiger charge is 2.39. The molecule has 116 valence electrons. The molecule has 1 aliphatic rings. The number of ketones is 2. The van der Waals surface area contributed by atoms with Crippen LogP contribution in [0.25, 0.3) is 0 Å². The van der Waals surface area contributed by atoms with Crippen molar-refractivity contribution in [3.63, 3.8) is 0 Å². The Hall–Kier alpha value is -1.81. The number of nitro groups is 1. The van der Waals surface area contributed by atoms with Gasteiger partial charge in [0.1, 0.15) is 17.5 Å². The molecule has 0 aliphatic carbocycles. The van der Waals surface area contributed by atoms with Crippen LogP contribution in [0.1, 0.15) is 17.3 Å². The van der Waals surface area contributed by atoms with E-state index in [0.717, 1.165) is 6.07 Å². The Morgan fingerprint density at radius 1 is 1.38 bits per heavy atom. The lowest BCUT2D eigenvalue weighted by molar-refractivity contribution is -0.385. The predicted octanol–water partition coefficient (Wildman–Crippen LogP) is 0.225. The van der Waals surface area contributed by atoms with E-state index in [9.17, 15) is 24.3 Å². The van der Waals surface area contributed by atoms with Gasteiger partial charge in [0.25, 0.3) is 5.69 Å². The van der Waals surface area contributed by atoms with Crippen molar-refractivity contribution in [3.8, 4) is 0 Å². The van der Waals surface area contributed by atoms with Gasteiger partial charge in [0.15, 0.2) is 10.7 Å². The summed E-state index contributed by atoms with van der Waals surface area (Å²) < 4.78 is 11.9. The van der Waals surface area contributed by atoms with Crippen molar-refractivity contribution in [1.82, 2.24) is 0 Å². The second-order valence-corrected chi connectivity index (χ2v) is 5.44. The molecule has 1 aliphatic heterocycles. The van der Waals surface area contributed by atoms with E-state index in [0.29, 0.717) is 0 Å². The Bertz CT molecular complexity index is 572. The van der Waals surface area contributed by atoms with Crippen LogP contribution in [0.15, 0.2) is 23.1 Å². The van der Waals surface area contributed by atoms with Crippen molar-refractivity contribution >= 4 is 36.8 Å². The number of hydrogen-bond acceptors (Lipinski definition) is 5. The number of nitro benzene ring substituents is 1. The van der Waals surface area contributed by atoms with Gasteiger partial charge in [0, 0.05) is 6.07 Å². The first kappa shape index (κ1) is 21.5. The highest BCUT2D eigenvalue weighted by Crippen LogP contribution is 2.31. The SMILES string of the molecule is B.CC(=O)C1C[S+]([O-])c2cc([N+](=O)[O-])ccc2C1=O.F.F. The van der Waals surface area contributed by atoms with Crippen molar-refractivity contribution in [2.24, 2.45) is 5.92 Å². The number of benzene rings is 1. The average Bonchev–Trinajstić information content (AvgIpc) is 2.32. The molecule has 21 heavy (non-hydrogen) atoms. The second-order valence-electron chi connectivity index (χ2n) is 3.98. The van der Waals surface area contributed by atoms with E-state index < -0.39 is 27.8 Å². The Morgan fingerprint density at radius 2 is 1.95 bits per heavy atom. The number of carbonyl (C=O) groups is 2. The molecular formula is C11H14BF2NO5S. The van der Waals surface area contributed by atoms with Crippen molar-refractivity contribution in [3.05, 3.63) is 33.9 Å². The molecule has 0 bridgehead atoms. The van der Waals surface area contributed by atoms with Gasteiger partial charge in [-0.25, -0.2) is 0 Å². The minimum absolute atomic E-state index is 0. The maximum atomic E-state index is 12.0. The number of Topliss-reactive ketones (excluding diaryl/α,β-unsaturated/α-hetero) is 2. The average molecular weight is 321 g/mol. The minimum Gasteiger partial charge on any atom is -0.611 e. The molecule has 2 atom stereocenters. The third kappa shape index (κ3) is 3.85. The van der Waals surface area contributed by atoms with Crippen LogP contribution in [0.5, 0.6) is 0 Å². The van der Waals surface area contributed by atoms with Gasteiger partial charge < -0.3 is 4.55 Å². The monoisotopic (exact) mass is 321 g/mol. The molecule has 1 heterocycles. The van der Waals surface area contributed by atoms with Gasteiger partial charge in [-0.05, 0) is 24.2 Å². The van der Waals surface area contributed by atoms with Crippen LogP contribution in [0.2, 0.25) is 0 Å². The van der Waals surface area contributed by atoms with E-state index in [1.807, 2.05) is 0 Å². The van der Waals surface area contributed by atoms with Crippen molar-refractivity contribution < 1.29 is 28.5 Å². The zero-order chi connectivity index (χ0) is 13.4. The topological polar surface area (TPSA) is 100 Å². The molecule has 10 heteroatoms. The number of rotatable bonds is 2. The lowest BCUT2D eigenvalue weighted by Gasteiger charge is -2.23. The van der Waals surface area contributed by atoms with Crippen LogP contribution in [-0.2, 0) is 16.0 Å². The number of hydrogen-bond donors (Lipinski definition) is 0. The molecule has 0 amide bonds. The smallest absolute Gasteiger partial charge is 0.274 e. The molecule has 2 rings (SSSR count). The molecule has 1 aromatic rings. The van der Waals surface area contributed by atoms with Crippen LogP contribution < -0.4 is 0 Å². The normalized spacial score (nSPS) is 19.2. The maximum absolute atomic E-state index is 12.0. The molecule has 0 radical (unpaired) electrons. The molecule has 0 N–H and O–H groups in total. The number of carbonyl (C=O) groups excluding carboxylic acids is 2. The summed E-state index contributed by atoms with van der Waals surface area (Å²) in [4.78, 5) is 33.4. The molecule has 0 spiro atoms. The fourth-order valence-electron chi connectivity index (χ4n) is 1.82. The summed E-state index contributed by atoms with van der Waals surface area (Å²) >= 11 is -1.56. The first-order chi connectivity index (χ1) is 8.41. The van der Waals surface area contributed by atoms with Crippen molar-refractivity contribution in [2.75, 3.05) is 5.75 Å². The summed E-state index contributed by atoms with van der Waals surface area (Å²) in [6.07, 6.45) is 0. The largest absolute Gasteiger partial charge is 0.611 e. The molecule has 6 nitrogen and oxygen atoms in total. The lowest BCUT2D eigenvalue weighted by Crippen LogP contribution is -2.35. The highest BCUT2D eigenvalue weighted by atomic mass is 32.2. The van der Waals surface area contributed by atoms with Gasteiger partial charge in [-0.15, -0.1) is 0 Å². The summed E-state index contributed by atoms with van der Waals surface area (Å²) in [5, 5.41) is 10.6. The van der Waals surface area contributed by atoms with E-state index in [4.69, 9.17) is 0 Å². The van der Waals surface area contributed by atoms with Gasteiger partial charge in [0.2, 0.25) is 0 Å². The van der Waals surface area contributed by atoms with Crippen molar-refractivity contribution in [1.29, 1.82) is 0 Å². The van der Waals surface area contributed by atoms with E-state index in [1.165, 1.54) is 19.1 Å². The molecule has 0 saturated carbocycles. The Labute approximate surface area is 123 Å². The van der Waals surface area contributed by atoms with Crippen molar-refractivity contribution in [2.45, 2.75) is 11.8 Å². The third-order valence-electron chi connectivity index (χ3n) is 2.81. The molecule has 0 aromatic heterocycles. The fourth-order valence-corrected chi connectivity index (χ4v) is 3.36. The van der Waals surface area contributed by atoms with E-state index >= 15 is 0 Å². The summed E-state index contributed by atoms with van der Waals surface area (Å²) in [5.41, 5.74) is -0.0680. The number of fused-ring (bicyclic) bond motifs is 1. The fraction of sp³-hybridized carbons (Fsp3) is 0.273. The zero-order valence-electron chi connectivity index (χ0n) is 10.2. The Balaban J connectivity index is 0. The van der Waals surface area contributed by atoms with Crippen LogP contribution >= 0.6 is 0 Å². The van der Waals surface area contributed by atoms with Gasteiger partial charge in [-0.2, -0.15) is 0 Å². The predicted molar refractivity (Wildman–Crippen MR) is 77.8 cm³/mol. The van der Waals surface area contributed by atoms with Gasteiger partial charge >= 0.3 is 0 Å². The van der Waals surface area contributed by atoms with E-state index in [2.05, 4.69) is 0 Å². The van der Waals surface area contributed by atoms with E-state index in [-0.39, 0.29) is 45.5 Å². The lowest BCUT2D eigenvalue weighted by atomic mass is 9.95. The van der Waals surface area contributed by atoms with E-state index in [1.54, 1.807) is 0 Å². The zero-order valence-corrected chi connectivity index (χ0v) is 11.0. The van der Waals surface area contributed by atoms with Gasteiger partial charge in [0.05, 0.1) is 25.0 Å². The summed E-state index contributed by atoms with van der Waals surface area (Å²) in [6.45, 7) is 1.27. The minimum atomic E-state index is -1.56. The molecule has 1 aromatic carbocycles. The van der Waals surface area contributed by atoms with Crippen LogP contribution in [0.3, 0.4) is 0 Å². The summed E-state index contributed by atoms with van der Waals surface area (Å²) in [7, 11) is 0. The second kappa shape index (κ2) is 7.84. The number of halogens is 2. The van der Waals surface area contributed by atoms with Crippen LogP contribution in [0.4, 0.5) is 15.1 Å². The first-order valence-corrected chi connectivity index (χ1v) is 6.45. The highest BCUT2D eigenvalue weighted by molar-refractivity contribution is 7.91. The number of non-ortho nitro benzene ring substituents is 1.